The maximum Gasteiger partial charge on any atom is 0.325 e. The van der Waals surface area contributed by atoms with Crippen LogP contribution in [0.25, 0.3) is 10.9 Å². The van der Waals surface area contributed by atoms with Crippen LogP contribution in [0.3, 0.4) is 0 Å². The molecule has 1 aromatic heterocycles. The number of nitrogens with zero attached hydrogens (tertiary/aromatic N) is 2. The number of fused-ring (bicyclic) bond motifs is 1. The predicted molar refractivity (Wildman–Crippen MR) is 90.0 cm³/mol. The molecule has 1 aromatic carbocycles. The summed E-state index contributed by atoms with van der Waals surface area (Å²) < 4.78 is 7.69. The largest absolute Gasteiger partial charge is 0.480 e. The van der Waals surface area contributed by atoms with E-state index in [9.17, 15) is 14.7 Å². The summed E-state index contributed by atoms with van der Waals surface area (Å²) in [5.41, 5.74) is 1.30. The van der Waals surface area contributed by atoms with Crippen LogP contribution < -0.4 is 0 Å². The number of halogens is 1. The van der Waals surface area contributed by atoms with E-state index in [4.69, 9.17) is 9.84 Å². The molecule has 1 aliphatic rings. The summed E-state index contributed by atoms with van der Waals surface area (Å²) in [7, 11) is 0. The zero-order valence-corrected chi connectivity index (χ0v) is 14.4. The Bertz CT molecular complexity index is 782. The lowest BCUT2D eigenvalue weighted by Crippen LogP contribution is -2.42. The molecule has 3 rings (SSSR count). The first-order valence-electron chi connectivity index (χ1n) is 7.52. The van der Waals surface area contributed by atoms with Crippen LogP contribution in [-0.2, 0) is 20.9 Å². The fraction of sp³-hybridized carbons (Fsp3) is 0.375. The van der Waals surface area contributed by atoms with Crippen molar-refractivity contribution in [2.24, 2.45) is 0 Å². The van der Waals surface area contributed by atoms with Gasteiger partial charge in [-0.05, 0) is 12.1 Å². The highest BCUT2D eigenvalue weighted by atomic mass is 79.9. The first-order chi connectivity index (χ1) is 11.5. The first-order valence-corrected chi connectivity index (χ1v) is 8.31. The molecule has 2 aromatic rings. The number of hydrogen-bond acceptors (Lipinski definition) is 4. The van der Waals surface area contributed by atoms with Gasteiger partial charge in [0.05, 0.1) is 18.7 Å². The van der Waals surface area contributed by atoms with Crippen molar-refractivity contribution in [3.63, 3.8) is 0 Å². The van der Waals surface area contributed by atoms with E-state index in [0.717, 1.165) is 9.86 Å². The fourth-order valence-corrected chi connectivity index (χ4v) is 3.46. The topological polar surface area (TPSA) is 92.0 Å². The highest BCUT2D eigenvalue weighted by Gasteiger charge is 2.31. The van der Waals surface area contributed by atoms with Crippen molar-refractivity contribution in [2.45, 2.75) is 12.6 Å². The van der Waals surface area contributed by atoms with Crippen molar-refractivity contribution in [2.75, 3.05) is 26.3 Å². The van der Waals surface area contributed by atoms with E-state index in [1.807, 2.05) is 17.0 Å². The van der Waals surface area contributed by atoms with Gasteiger partial charge in [0.25, 0.3) is 0 Å². The Labute approximate surface area is 146 Å². The zero-order valence-electron chi connectivity index (χ0n) is 12.8. The first kappa shape index (κ1) is 16.9. The lowest BCUT2D eigenvalue weighted by Gasteiger charge is -2.31. The molecular formula is C16H17BrN2O5. The summed E-state index contributed by atoms with van der Waals surface area (Å²) in [5, 5.41) is 19.6. The molecule has 2 heterocycles. The number of hydrogen-bond donors (Lipinski definition) is 2. The third-order valence-corrected chi connectivity index (χ3v) is 4.61. The molecule has 0 saturated carbocycles. The van der Waals surface area contributed by atoms with E-state index in [1.54, 1.807) is 16.8 Å². The van der Waals surface area contributed by atoms with E-state index in [-0.39, 0.29) is 6.54 Å². The van der Waals surface area contributed by atoms with Gasteiger partial charge in [-0.3, -0.25) is 14.5 Å². The van der Waals surface area contributed by atoms with Crippen molar-refractivity contribution in [1.82, 2.24) is 9.47 Å². The Morgan fingerprint density at radius 1 is 1.25 bits per heavy atom. The van der Waals surface area contributed by atoms with E-state index >= 15 is 0 Å². The average Bonchev–Trinajstić information content (AvgIpc) is 2.85. The molecule has 24 heavy (non-hydrogen) atoms. The number of benzene rings is 1. The molecule has 0 aliphatic carbocycles. The molecule has 0 radical (unpaired) electrons. The van der Waals surface area contributed by atoms with Crippen LogP contribution in [0.4, 0.5) is 0 Å². The molecule has 8 heteroatoms. The quantitative estimate of drug-likeness (QED) is 0.802. The second kappa shape index (κ2) is 6.92. The Morgan fingerprint density at radius 2 is 1.96 bits per heavy atom. The van der Waals surface area contributed by atoms with Crippen LogP contribution >= 0.6 is 15.9 Å². The monoisotopic (exact) mass is 396 g/mol. The summed E-state index contributed by atoms with van der Waals surface area (Å²) in [6.45, 7) is 1.81. The van der Waals surface area contributed by atoms with Crippen LogP contribution in [0.15, 0.2) is 28.9 Å². The molecule has 1 fully saturated rings. The molecule has 2 N–H and O–H groups in total. The maximum atomic E-state index is 11.9. The smallest absolute Gasteiger partial charge is 0.325 e. The second-order valence-electron chi connectivity index (χ2n) is 5.66. The zero-order chi connectivity index (χ0) is 17.3. The third kappa shape index (κ3) is 3.31. The summed E-state index contributed by atoms with van der Waals surface area (Å²) in [4.78, 5) is 24.9. The van der Waals surface area contributed by atoms with E-state index in [1.165, 1.54) is 0 Å². The van der Waals surface area contributed by atoms with Gasteiger partial charge in [-0.1, -0.05) is 22.0 Å². The number of ether oxygens (including phenoxy) is 1. The lowest BCUT2D eigenvalue weighted by molar-refractivity contribution is -0.145. The summed E-state index contributed by atoms with van der Waals surface area (Å²) >= 11 is 3.38. The van der Waals surface area contributed by atoms with Crippen molar-refractivity contribution in [3.8, 4) is 0 Å². The average molecular weight is 397 g/mol. The van der Waals surface area contributed by atoms with Gasteiger partial charge >= 0.3 is 11.9 Å². The minimum Gasteiger partial charge on any atom is -0.480 e. The van der Waals surface area contributed by atoms with Crippen LogP contribution in [0.1, 0.15) is 11.6 Å². The van der Waals surface area contributed by atoms with Crippen LogP contribution in [0.5, 0.6) is 0 Å². The number of aliphatic carboxylic acids is 2. The number of aromatic nitrogens is 1. The Kier molecular flexibility index (Phi) is 4.88. The van der Waals surface area contributed by atoms with E-state index < -0.39 is 18.0 Å². The van der Waals surface area contributed by atoms with Gasteiger partial charge in [0.15, 0.2) is 0 Å². The molecule has 0 amide bonds. The highest BCUT2D eigenvalue weighted by molar-refractivity contribution is 9.10. The molecular weight excluding hydrogens is 380 g/mol. The molecule has 1 aliphatic heterocycles. The Balaban J connectivity index is 2.12. The maximum absolute atomic E-state index is 11.9. The van der Waals surface area contributed by atoms with Crippen molar-refractivity contribution >= 4 is 38.8 Å². The van der Waals surface area contributed by atoms with Crippen molar-refractivity contribution in [3.05, 3.63) is 34.4 Å². The van der Waals surface area contributed by atoms with Gasteiger partial charge in [-0.2, -0.15) is 0 Å². The van der Waals surface area contributed by atoms with E-state index in [2.05, 4.69) is 15.9 Å². The third-order valence-electron chi connectivity index (χ3n) is 4.12. The van der Waals surface area contributed by atoms with Gasteiger partial charge in [-0.15, -0.1) is 0 Å². The summed E-state index contributed by atoms with van der Waals surface area (Å²) in [5.74, 6) is -1.93. The second-order valence-corrected chi connectivity index (χ2v) is 6.57. The van der Waals surface area contributed by atoms with E-state index in [0.29, 0.717) is 37.4 Å². The van der Waals surface area contributed by atoms with Gasteiger partial charge in [-0.25, -0.2) is 0 Å². The van der Waals surface area contributed by atoms with Gasteiger partial charge < -0.3 is 19.5 Å². The van der Waals surface area contributed by atoms with Gasteiger partial charge in [0, 0.05) is 34.7 Å². The molecule has 0 unspecified atom stereocenters. The predicted octanol–water partition coefficient (Wildman–Crippen LogP) is 1.95. The number of carboxylic acid groups (broad SMARTS) is 2. The van der Waals surface area contributed by atoms with Crippen LogP contribution in [-0.4, -0.2) is 57.9 Å². The highest BCUT2D eigenvalue weighted by Crippen LogP contribution is 2.32. The van der Waals surface area contributed by atoms with Crippen LogP contribution in [0, 0.1) is 0 Å². The number of rotatable bonds is 5. The SMILES string of the molecule is O=C(O)Cn1cc([C@H](C(=O)O)N2CCOCC2)c2ccc(Br)cc21. The molecule has 1 atom stereocenters. The van der Waals surface area contributed by atoms with Gasteiger partial charge in [0.1, 0.15) is 12.6 Å². The number of carboxylic acids is 2. The van der Waals surface area contributed by atoms with Crippen molar-refractivity contribution in [1.29, 1.82) is 0 Å². The lowest BCUT2D eigenvalue weighted by atomic mass is 10.0. The Hall–Kier alpha value is -1.90. The minimum atomic E-state index is -0.975. The van der Waals surface area contributed by atoms with Gasteiger partial charge in [0.2, 0.25) is 0 Å². The van der Waals surface area contributed by atoms with Crippen LogP contribution in [0.2, 0.25) is 0 Å². The van der Waals surface area contributed by atoms with Crippen molar-refractivity contribution < 1.29 is 24.5 Å². The molecule has 7 nitrogen and oxygen atoms in total. The molecule has 128 valence electrons. The number of carbonyl (C=O) groups is 2. The molecule has 0 bridgehead atoms. The molecule has 1 saturated heterocycles. The molecule has 0 spiro atoms. The summed E-state index contributed by atoms with van der Waals surface area (Å²) in [6, 6.07) is 4.63. The normalized spacial score (nSPS) is 17.0. The Morgan fingerprint density at radius 3 is 2.58 bits per heavy atom. The standard InChI is InChI=1S/C16H17BrN2O5/c17-10-1-2-11-12(8-19(9-14(20)21)13(11)7-10)15(16(22)23)18-3-5-24-6-4-18/h1-2,7-8,15H,3-6,9H2,(H,20,21)(H,22,23)/t15-/m1/s1. The minimum absolute atomic E-state index is 0.220. The fourth-order valence-electron chi connectivity index (χ4n) is 3.11. The summed E-state index contributed by atoms with van der Waals surface area (Å²) in [6.07, 6.45) is 1.64. The number of morpholine rings is 1.